The number of aliphatic imine (C=N–C) groups is 1. The summed E-state index contributed by atoms with van der Waals surface area (Å²) in [6.45, 7) is 1.12. The maximum atomic E-state index is 11.9. The van der Waals surface area contributed by atoms with E-state index in [0.29, 0.717) is 30.5 Å². The molecule has 1 aromatic rings. The Morgan fingerprint density at radius 1 is 1.23 bits per heavy atom. The highest BCUT2D eigenvalue weighted by Gasteiger charge is 2.28. The van der Waals surface area contributed by atoms with Gasteiger partial charge in [0.15, 0.2) is 15.8 Å². The summed E-state index contributed by atoms with van der Waals surface area (Å²) in [6.07, 6.45) is 1.58. The van der Waals surface area contributed by atoms with E-state index in [2.05, 4.69) is 20.9 Å². The summed E-state index contributed by atoms with van der Waals surface area (Å²) in [5.74, 6) is 0.659. The minimum Gasteiger partial charge on any atom is -0.356 e. The fraction of sp³-hybridized carbons (Fsp3) is 0.529. The van der Waals surface area contributed by atoms with Crippen molar-refractivity contribution in [3.05, 3.63) is 34.9 Å². The van der Waals surface area contributed by atoms with Crippen LogP contribution in [0.1, 0.15) is 18.4 Å². The molecule has 1 amide bonds. The van der Waals surface area contributed by atoms with Crippen LogP contribution in [0.15, 0.2) is 29.3 Å². The molecular weight excluding hydrogens is 376 g/mol. The Bertz CT molecular complexity index is 735. The van der Waals surface area contributed by atoms with Crippen LogP contribution in [-0.4, -0.2) is 58.0 Å². The summed E-state index contributed by atoms with van der Waals surface area (Å²) in [6, 6.07) is 7.42. The van der Waals surface area contributed by atoms with Gasteiger partial charge in [-0.1, -0.05) is 23.7 Å². The highest BCUT2D eigenvalue weighted by atomic mass is 35.5. The van der Waals surface area contributed by atoms with Gasteiger partial charge in [-0.3, -0.25) is 9.79 Å². The van der Waals surface area contributed by atoms with Crippen molar-refractivity contribution in [2.24, 2.45) is 4.99 Å². The zero-order valence-electron chi connectivity index (χ0n) is 14.8. The first-order valence-electron chi connectivity index (χ1n) is 8.57. The number of carbonyl (C=O) groups excluding carboxylic acids is 1. The van der Waals surface area contributed by atoms with Gasteiger partial charge in [0, 0.05) is 37.6 Å². The van der Waals surface area contributed by atoms with E-state index < -0.39 is 9.84 Å². The van der Waals surface area contributed by atoms with Crippen LogP contribution in [0.25, 0.3) is 0 Å². The van der Waals surface area contributed by atoms with Gasteiger partial charge in [0.05, 0.1) is 11.5 Å². The highest BCUT2D eigenvalue weighted by molar-refractivity contribution is 7.91. The van der Waals surface area contributed by atoms with Crippen LogP contribution >= 0.6 is 11.6 Å². The fourth-order valence-corrected chi connectivity index (χ4v) is 4.50. The molecule has 0 saturated carbocycles. The lowest BCUT2D eigenvalue weighted by atomic mass is 10.1. The molecule has 3 N–H and O–H groups in total. The van der Waals surface area contributed by atoms with Crippen molar-refractivity contribution >= 4 is 33.3 Å². The lowest BCUT2D eigenvalue weighted by molar-refractivity contribution is -0.121. The zero-order chi connectivity index (χ0) is 19.0. The molecular formula is C17H25ClN4O3S. The third-order valence-corrected chi connectivity index (χ3v) is 6.10. The Morgan fingerprint density at radius 2 is 1.92 bits per heavy atom. The van der Waals surface area contributed by atoms with Crippen LogP contribution in [0.5, 0.6) is 0 Å². The number of nitrogens with zero attached hydrogens (tertiary/aromatic N) is 1. The molecule has 0 aromatic heterocycles. The standard InChI is InChI=1S/C17H25ClN4O3S/c1-19-17(20-9-6-13-2-4-14(18)5-3-13)21-10-7-16(23)22-15-8-11-26(24,25)12-15/h2-5,15H,6-12H2,1H3,(H,22,23)(H2,19,20,21). The van der Waals surface area contributed by atoms with Crippen molar-refractivity contribution in [3.63, 3.8) is 0 Å². The molecule has 1 unspecified atom stereocenters. The number of hydrogen-bond acceptors (Lipinski definition) is 4. The van der Waals surface area contributed by atoms with E-state index in [1.165, 1.54) is 5.56 Å². The number of benzene rings is 1. The quantitative estimate of drug-likeness (QED) is 0.463. The lowest BCUT2D eigenvalue weighted by Crippen LogP contribution is -2.41. The predicted octanol–water partition coefficient (Wildman–Crippen LogP) is 0.741. The van der Waals surface area contributed by atoms with Gasteiger partial charge in [0.25, 0.3) is 0 Å². The Balaban J connectivity index is 1.62. The number of carbonyl (C=O) groups is 1. The minimum atomic E-state index is -2.98. The van der Waals surface area contributed by atoms with Gasteiger partial charge in [-0.15, -0.1) is 0 Å². The van der Waals surface area contributed by atoms with Crippen LogP contribution < -0.4 is 16.0 Å². The molecule has 0 radical (unpaired) electrons. The second-order valence-corrected chi connectivity index (χ2v) is 8.88. The summed E-state index contributed by atoms with van der Waals surface area (Å²) in [5, 5.41) is 9.74. The van der Waals surface area contributed by atoms with E-state index in [0.717, 1.165) is 6.42 Å². The molecule has 0 aliphatic carbocycles. The van der Waals surface area contributed by atoms with Crippen molar-refractivity contribution in [1.82, 2.24) is 16.0 Å². The van der Waals surface area contributed by atoms with Gasteiger partial charge >= 0.3 is 0 Å². The Hall–Kier alpha value is -1.80. The summed E-state index contributed by atoms with van der Waals surface area (Å²) < 4.78 is 22.8. The topological polar surface area (TPSA) is 99.7 Å². The van der Waals surface area contributed by atoms with Gasteiger partial charge in [-0.2, -0.15) is 0 Å². The van der Waals surface area contributed by atoms with Crippen LogP contribution in [0, 0.1) is 0 Å². The molecule has 1 heterocycles. The van der Waals surface area contributed by atoms with E-state index >= 15 is 0 Å². The van der Waals surface area contributed by atoms with E-state index in [4.69, 9.17) is 11.6 Å². The highest BCUT2D eigenvalue weighted by Crippen LogP contribution is 2.11. The Morgan fingerprint density at radius 3 is 2.54 bits per heavy atom. The number of rotatable bonds is 7. The number of sulfone groups is 1. The molecule has 1 aliphatic heterocycles. The number of hydrogen-bond donors (Lipinski definition) is 3. The summed E-state index contributed by atoms with van der Waals surface area (Å²) >= 11 is 5.86. The van der Waals surface area contributed by atoms with Gasteiger partial charge in [0.1, 0.15) is 0 Å². The maximum Gasteiger partial charge on any atom is 0.222 e. The van der Waals surface area contributed by atoms with Gasteiger partial charge in [-0.25, -0.2) is 8.42 Å². The van der Waals surface area contributed by atoms with E-state index in [9.17, 15) is 13.2 Å². The van der Waals surface area contributed by atoms with Crippen molar-refractivity contribution in [3.8, 4) is 0 Å². The first-order valence-corrected chi connectivity index (χ1v) is 10.8. The number of halogens is 1. The van der Waals surface area contributed by atoms with Crippen molar-refractivity contribution in [1.29, 1.82) is 0 Å². The van der Waals surface area contributed by atoms with Gasteiger partial charge in [0.2, 0.25) is 5.91 Å². The van der Waals surface area contributed by atoms with Gasteiger partial charge in [-0.05, 0) is 30.5 Å². The molecule has 7 nitrogen and oxygen atoms in total. The SMILES string of the molecule is CN=C(NCCC(=O)NC1CCS(=O)(=O)C1)NCCc1ccc(Cl)cc1. The van der Waals surface area contributed by atoms with E-state index in [-0.39, 0.29) is 29.9 Å². The van der Waals surface area contributed by atoms with Crippen LogP contribution in [0.3, 0.4) is 0 Å². The maximum absolute atomic E-state index is 11.9. The molecule has 2 rings (SSSR count). The average Bonchev–Trinajstić information content (AvgIpc) is 2.93. The van der Waals surface area contributed by atoms with E-state index in [1.54, 1.807) is 7.05 Å². The van der Waals surface area contributed by atoms with Crippen molar-refractivity contribution < 1.29 is 13.2 Å². The minimum absolute atomic E-state index is 0.0418. The summed E-state index contributed by atoms with van der Waals surface area (Å²) in [4.78, 5) is 16.0. The lowest BCUT2D eigenvalue weighted by Gasteiger charge is -2.13. The number of nitrogens with one attached hydrogen (secondary N) is 3. The smallest absolute Gasteiger partial charge is 0.222 e. The third-order valence-electron chi connectivity index (χ3n) is 4.09. The average molecular weight is 401 g/mol. The number of guanidine groups is 1. The van der Waals surface area contributed by atoms with Crippen LogP contribution in [-0.2, 0) is 21.1 Å². The molecule has 1 aromatic carbocycles. The second kappa shape index (κ2) is 9.78. The molecule has 144 valence electrons. The molecule has 1 atom stereocenters. The zero-order valence-corrected chi connectivity index (χ0v) is 16.4. The van der Waals surface area contributed by atoms with Crippen molar-refractivity contribution in [2.45, 2.75) is 25.3 Å². The van der Waals surface area contributed by atoms with Gasteiger partial charge < -0.3 is 16.0 Å². The largest absolute Gasteiger partial charge is 0.356 e. The monoisotopic (exact) mass is 400 g/mol. The molecule has 1 fully saturated rings. The molecule has 0 bridgehead atoms. The fourth-order valence-electron chi connectivity index (χ4n) is 2.70. The molecule has 0 spiro atoms. The van der Waals surface area contributed by atoms with E-state index in [1.807, 2.05) is 24.3 Å². The molecule has 1 aliphatic rings. The third kappa shape index (κ3) is 7.21. The molecule has 26 heavy (non-hydrogen) atoms. The number of amides is 1. The normalized spacial score (nSPS) is 19.2. The molecule has 1 saturated heterocycles. The first kappa shape index (κ1) is 20.5. The Kier molecular flexibility index (Phi) is 7.71. The van der Waals surface area contributed by atoms with Crippen LogP contribution in [0.2, 0.25) is 5.02 Å². The predicted molar refractivity (Wildman–Crippen MR) is 104 cm³/mol. The Labute approximate surface area is 159 Å². The van der Waals surface area contributed by atoms with Crippen LogP contribution in [0.4, 0.5) is 0 Å². The second-order valence-electron chi connectivity index (χ2n) is 6.22. The summed E-state index contributed by atoms with van der Waals surface area (Å²) in [7, 11) is -1.31. The van der Waals surface area contributed by atoms with Crippen molar-refractivity contribution in [2.75, 3.05) is 31.6 Å². The molecule has 9 heteroatoms. The summed E-state index contributed by atoms with van der Waals surface area (Å²) in [5.41, 5.74) is 1.17. The first-order chi connectivity index (χ1) is 12.4.